The minimum Gasteiger partial charge on any atom is -0.480 e. The van der Waals surface area contributed by atoms with Crippen LogP contribution in [0.2, 0.25) is 0 Å². The molecule has 7 heteroatoms. The van der Waals surface area contributed by atoms with Crippen LogP contribution in [-0.2, 0) is 14.4 Å². The molecule has 1 atom stereocenters. The molecule has 4 N–H and O–H groups in total. The molecule has 0 aromatic heterocycles. The Morgan fingerprint density at radius 1 is 1.18 bits per heavy atom. The fourth-order valence-electron chi connectivity index (χ4n) is 0.245. The van der Waals surface area contributed by atoms with Gasteiger partial charge in [-0.3, -0.25) is 9.59 Å². The van der Waals surface area contributed by atoms with E-state index in [2.05, 4.69) is 5.73 Å². The van der Waals surface area contributed by atoms with Gasteiger partial charge in [-0.25, -0.2) is 4.79 Å². The molecule has 0 bridgehead atoms. The van der Waals surface area contributed by atoms with Crippen molar-refractivity contribution in [2.75, 3.05) is 0 Å². The van der Waals surface area contributed by atoms with E-state index in [0.717, 1.165) is 0 Å². The number of carboxylic acids is 2. The third-order valence-corrected chi connectivity index (χ3v) is 0.759. The van der Waals surface area contributed by atoms with Crippen molar-refractivity contribution in [3.05, 3.63) is 0 Å². The van der Waals surface area contributed by atoms with Gasteiger partial charge in [-0.2, -0.15) is 0 Å². The fourth-order valence-corrected chi connectivity index (χ4v) is 0.245. The van der Waals surface area contributed by atoms with Gasteiger partial charge in [0.2, 0.25) is 0 Å². The van der Waals surface area contributed by atoms with Gasteiger partial charge in [0.15, 0.2) is 6.04 Å². The zero-order valence-electron chi connectivity index (χ0n) is 5.77. The Bertz CT molecular complexity index is 191. The maximum Gasteiger partial charge on any atom is 1.00 e. The maximum atomic E-state index is 10.2. The van der Waals surface area contributed by atoms with Crippen molar-refractivity contribution < 1.29 is 54.2 Å². The molecule has 0 rings (SSSR count). The van der Waals surface area contributed by atoms with Crippen LogP contribution < -0.4 is 35.3 Å². The average Bonchev–Trinajstić information content (AvgIpc) is 1.84. The van der Waals surface area contributed by atoms with Crippen LogP contribution >= 0.6 is 0 Å². The molecule has 0 aromatic carbocycles. The number of carboxylic acid groups (broad SMARTS) is 2. The summed E-state index contributed by atoms with van der Waals surface area (Å²) in [4.78, 5) is 29.8. The van der Waals surface area contributed by atoms with Crippen LogP contribution in [0, 0.1) is 0 Å². The summed E-state index contributed by atoms with van der Waals surface area (Å²) in [5, 5.41) is 15.9. The Morgan fingerprint density at radius 3 is 1.64 bits per heavy atom. The van der Waals surface area contributed by atoms with Gasteiger partial charge in [0.25, 0.3) is 5.78 Å². The van der Waals surface area contributed by atoms with E-state index in [9.17, 15) is 14.4 Å². The third-order valence-electron chi connectivity index (χ3n) is 0.759. The minimum atomic E-state index is -1.96. The van der Waals surface area contributed by atoms with Gasteiger partial charge < -0.3 is 15.9 Å². The largest absolute Gasteiger partial charge is 1.00 e. The molecule has 56 valence electrons. The number of hydrogen-bond acceptors (Lipinski definition) is 4. The SMILES string of the molecule is NC(C(=O)O)C(=O)C(=O)O.[Na+]. The molecule has 11 heavy (non-hydrogen) atoms. The second-order valence-corrected chi connectivity index (χ2v) is 1.49. The van der Waals surface area contributed by atoms with Gasteiger partial charge in [-0.05, 0) is 0 Å². The summed E-state index contributed by atoms with van der Waals surface area (Å²) in [6.07, 6.45) is 0. The van der Waals surface area contributed by atoms with E-state index in [1.54, 1.807) is 0 Å². The quantitative estimate of drug-likeness (QED) is 0.222. The summed E-state index contributed by atoms with van der Waals surface area (Å²) in [5.41, 5.74) is 4.63. The Labute approximate surface area is 83.7 Å². The molecule has 0 fully saturated rings. The first-order valence-corrected chi connectivity index (χ1v) is 2.22. The molecule has 0 saturated heterocycles. The number of aliphatic carboxylic acids is 2. The smallest absolute Gasteiger partial charge is 0.480 e. The molecule has 0 heterocycles. The van der Waals surface area contributed by atoms with Gasteiger partial charge in [0.1, 0.15) is 0 Å². The molecular formula is C4H5NNaO5+. The van der Waals surface area contributed by atoms with Gasteiger partial charge in [-0.15, -0.1) is 0 Å². The molecule has 0 aliphatic heterocycles. The summed E-state index contributed by atoms with van der Waals surface area (Å²) < 4.78 is 0. The van der Waals surface area contributed by atoms with Crippen LogP contribution in [-0.4, -0.2) is 34.0 Å². The molecule has 6 nitrogen and oxygen atoms in total. The zero-order chi connectivity index (χ0) is 8.31. The summed E-state index contributed by atoms with van der Waals surface area (Å²) in [7, 11) is 0. The Hall–Kier alpha value is -0.430. The van der Waals surface area contributed by atoms with E-state index in [1.807, 2.05) is 0 Å². The normalized spacial score (nSPS) is 11.0. The fraction of sp³-hybridized carbons (Fsp3) is 0.250. The third kappa shape index (κ3) is 4.10. The number of carbonyl (C=O) groups excluding carboxylic acids is 1. The van der Waals surface area contributed by atoms with Crippen molar-refractivity contribution in [2.24, 2.45) is 5.73 Å². The summed E-state index contributed by atoms with van der Waals surface area (Å²) in [6, 6.07) is -1.96. The summed E-state index contributed by atoms with van der Waals surface area (Å²) in [5.74, 6) is -5.00. The van der Waals surface area contributed by atoms with E-state index in [0.29, 0.717) is 0 Å². The first kappa shape index (κ1) is 13.2. The average molecular weight is 170 g/mol. The monoisotopic (exact) mass is 170 g/mol. The second-order valence-electron chi connectivity index (χ2n) is 1.49. The Balaban J connectivity index is 0. The van der Waals surface area contributed by atoms with Crippen molar-refractivity contribution in [3.63, 3.8) is 0 Å². The molecule has 0 spiro atoms. The predicted molar refractivity (Wildman–Crippen MR) is 28.3 cm³/mol. The summed E-state index contributed by atoms with van der Waals surface area (Å²) >= 11 is 0. The number of ketones is 1. The van der Waals surface area contributed by atoms with Gasteiger partial charge >= 0.3 is 41.5 Å². The molecule has 0 aliphatic rings. The summed E-state index contributed by atoms with van der Waals surface area (Å²) in [6.45, 7) is 0. The minimum absolute atomic E-state index is 0. The Kier molecular flexibility index (Phi) is 6.29. The topological polar surface area (TPSA) is 118 Å². The molecule has 0 saturated carbocycles. The van der Waals surface area contributed by atoms with E-state index < -0.39 is 23.8 Å². The number of hydrogen-bond donors (Lipinski definition) is 3. The van der Waals surface area contributed by atoms with E-state index >= 15 is 0 Å². The Morgan fingerprint density at radius 2 is 1.55 bits per heavy atom. The predicted octanol–water partition coefficient (Wildman–Crippen LogP) is -4.94. The van der Waals surface area contributed by atoms with E-state index in [1.165, 1.54) is 0 Å². The van der Waals surface area contributed by atoms with Crippen LogP contribution in [0.1, 0.15) is 0 Å². The van der Waals surface area contributed by atoms with Crippen molar-refractivity contribution in [3.8, 4) is 0 Å². The van der Waals surface area contributed by atoms with Crippen molar-refractivity contribution in [1.82, 2.24) is 0 Å². The first-order valence-electron chi connectivity index (χ1n) is 2.22. The molecule has 0 radical (unpaired) electrons. The number of nitrogens with two attached hydrogens (primary N) is 1. The van der Waals surface area contributed by atoms with Crippen LogP contribution in [0.3, 0.4) is 0 Å². The molecule has 1 unspecified atom stereocenters. The van der Waals surface area contributed by atoms with Crippen LogP contribution in [0.5, 0.6) is 0 Å². The first-order chi connectivity index (χ1) is 4.46. The van der Waals surface area contributed by atoms with Crippen molar-refractivity contribution in [2.45, 2.75) is 6.04 Å². The zero-order valence-corrected chi connectivity index (χ0v) is 7.77. The van der Waals surface area contributed by atoms with Crippen LogP contribution in [0.15, 0.2) is 0 Å². The maximum absolute atomic E-state index is 10.2. The van der Waals surface area contributed by atoms with E-state index in [4.69, 9.17) is 10.2 Å². The molecule has 0 amide bonds. The molecule has 0 aliphatic carbocycles. The van der Waals surface area contributed by atoms with Gasteiger partial charge in [0, 0.05) is 0 Å². The second kappa shape index (κ2) is 5.25. The van der Waals surface area contributed by atoms with Crippen LogP contribution in [0.4, 0.5) is 0 Å². The number of rotatable bonds is 3. The van der Waals surface area contributed by atoms with E-state index in [-0.39, 0.29) is 29.6 Å². The number of carbonyl (C=O) groups is 3. The van der Waals surface area contributed by atoms with Gasteiger partial charge in [-0.1, -0.05) is 0 Å². The van der Waals surface area contributed by atoms with Gasteiger partial charge in [0.05, 0.1) is 0 Å². The molecule has 0 aromatic rings. The molecular weight excluding hydrogens is 165 g/mol. The van der Waals surface area contributed by atoms with Crippen molar-refractivity contribution >= 4 is 17.7 Å². The van der Waals surface area contributed by atoms with Crippen LogP contribution in [0.25, 0.3) is 0 Å². The number of Topliss-reactive ketones (excluding diaryl/α,β-unsaturated/α-hetero) is 1. The van der Waals surface area contributed by atoms with Crippen molar-refractivity contribution in [1.29, 1.82) is 0 Å². The standard InChI is InChI=1S/C4H5NO5.Na/c5-1(3(7)8)2(6)4(9)10;/h1H,5H2,(H,7,8)(H,9,10);/q;+1.